The molecule has 3 heteroatoms. The maximum atomic E-state index is 5.27. The smallest absolute Gasteiger partial charge is 0.138 e. The van der Waals surface area contributed by atoms with E-state index in [4.69, 9.17) is 4.52 Å². The van der Waals surface area contributed by atoms with Crippen LogP contribution in [0.5, 0.6) is 0 Å². The van der Waals surface area contributed by atoms with Gasteiger partial charge in [0.25, 0.3) is 0 Å². The van der Waals surface area contributed by atoms with E-state index in [1.165, 1.54) is 11.1 Å². The summed E-state index contributed by atoms with van der Waals surface area (Å²) in [6, 6.07) is 11.1. The zero-order valence-corrected chi connectivity index (χ0v) is 13.0. The van der Waals surface area contributed by atoms with Gasteiger partial charge in [-0.1, -0.05) is 49.3 Å². The van der Waals surface area contributed by atoms with Crippen molar-refractivity contribution in [3.8, 4) is 0 Å². The molecule has 0 saturated heterocycles. The molecule has 2 aromatic rings. The number of aromatic nitrogens is 1. The Kier molecular flexibility index (Phi) is 4.61. The molecule has 0 radical (unpaired) electrons. The van der Waals surface area contributed by atoms with E-state index in [-0.39, 0.29) is 6.04 Å². The van der Waals surface area contributed by atoms with Gasteiger partial charge in [-0.3, -0.25) is 0 Å². The summed E-state index contributed by atoms with van der Waals surface area (Å²) >= 11 is 0. The van der Waals surface area contributed by atoms with Gasteiger partial charge in [-0.15, -0.1) is 0 Å². The molecule has 20 heavy (non-hydrogen) atoms. The lowest BCUT2D eigenvalue weighted by Crippen LogP contribution is -2.29. The van der Waals surface area contributed by atoms with E-state index < -0.39 is 0 Å². The molecule has 0 aliphatic heterocycles. The molecule has 0 fully saturated rings. The monoisotopic (exact) mass is 272 g/mol. The molecular weight excluding hydrogens is 248 g/mol. The first-order chi connectivity index (χ1) is 9.50. The lowest BCUT2D eigenvalue weighted by Gasteiger charge is -2.27. The zero-order valence-electron chi connectivity index (χ0n) is 13.0. The van der Waals surface area contributed by atoms with Gasteiger partial charge in [0.1, 0.15) is 5.76 Å². The molecule has 2 atom stereocenters. The Balaban J connectivity index is 2.21. The summed E-state index contributed by atoms with van der Waals surface area (Å²) in [7, 11) is 0. The lowest BCUT2D eigenvalue weighted by atomic mass is 9.94. The molecule has 0 bridgehead atoms. The first-order valence-electron chi connectivity index (χ1n) is 7.24. The molecule has 0 saturated carbocycles. The summed E-state index contributed by atoms with van der Waals surface area (Å²) in [6.45, 7) is 10.6. The summed E-state index contributed by atoms with van der Waals surface area (Å²) in [5.41, 5.74) is 3.46. The van der Waals surface area contributed by atoms with Crippen LogP contribution >= 0.6 is 0 Å². The SMILES string of the molecule is Cc1noc(C)c1C(C)NC(c1ccccc1)C(C)C. The molecular formula is C17H24N2O. The number of nitrogens with one attached hydrogen (secondary N) is 1. The van der Waals surface area contributed by atoms with Gasteiger partial charge in [-0.2, -0.15) is 0 Å². The minimum Gasteiger partial charge on any atom is -0.361 e. The van der Waals surface area contributed by atoms with E-state index >= 15 is 0 Å². The standard InChI is InChI=1S/C17H24N2O/c1-11(2)17(15-9-7-6-8-10-15)18-12(3)16-13(4)19-20-14(16)5/h6-12,17-18H,1-5H3. The summed E-state index contributed by atoms with van der Waals surface area (Å²) in [6.07, 6.45) is 0. The summed E-state index contributed by atoms with van der Waals surface area (Å²) in [4.78, 5) is 0. The van der Waals surface area contributed by atoms with Gasteiger partial charge in [0.2, 0.25) is 0 Å². The van der Waals surface area contributed by atoms with E-state index in [1.807, 2.05) is 13.8 Å². The van der Waals surface area contributed by atoms with Gasteiger partial charge in [-0.05, 0) is 32.3 Å². The third-order valence-corrected chi connectivity index (χ3v) is 3.78. The van der Waals surface area contributed by atoms with Crippen LogP contribution in [0.4, 0.5) is 0 Å². The fraction of sp³-hybridized carbons (Fsp3) is 0.471. The van der Waals surface area contributed by atoms with Crippen LogP contribution in [-0.2, 0) is 0 Å². The van der Waals surface area contributed by atoms with Gasteiger partial charge in [0.15, 0.2) is 0 Å². The van der Waals surface area contributed by atoms with Crippen molar-refractivity contribution in [3.63, 3.8) is 0 Å². The Hall–Kier alpha value is -1.61. The van der Waals surface area contributed by atoms with Gasteiger partial charge in [0, 0.05) is 17.6 Å². The van der Waals surface area contributed by atoms with Crippen LogP contribution in [0.2, 0.25) is 0 Å². The summed E-state index contributed by atoms with van der Waals surface area (Å²) < 4.78 is 5.27. The summed E-state index contributed by atoms with van der Waals surface area (Å²) in [5.74, 6) is 1.42. The van der Waals surface area contributed by atoms with Crippen LogP contribution in [0.25, 0.3) is 0 Å². The zero-order chi connectivity index (χ0) is 14.7. The van der Waals surface area contributed by atoms with Gasteiger partial charge < -0.3 is 9.84 Å². The average Bonchev–Trinajstić information content (AvgIpc) is 2.76. The van der Waals surface area contributed by atoms with Gasteiger partial charge in [-0.25, -0.2) is 0 Å². The molecule has 0 aliphatic carbocycles. The predicted molar refractivity (Wildman–Crippen MR) is 81.5 cm³/mol. The van der Waals surface area contributed by atoms with E-state index in [0.717, 1.165) is 11.5 Å². The van der Waals surface area contributed by atoms with Gasteiger partial charge >= 0.3 is 0 Å². The molecule has 1 aromatic heterocycles. The van der Waals surface area contributed by atoms with Crippen molar-refractivity contribution in [1.29, 1.82) is 0 Å². The van der Waals surface area contributed by atoms with Crippen LogP contribution in [0.1, 0.15) is 55.4 Å². The highest BCUT2D eigenvalue weighted by atomic mass is 16.5. The molecule has 108 valence electrons. The number of rotatable bonds is 5. The number of benzene rings is 1. The molecule has 0 amide bonds. The van der Waals surface area contributed by atoms with Crippen LogP contribution in [0.15, 0.2) is 34.9 Å². The van der Waals surface area contributed by atoms with E-state index in [1.54, 1.807) is 0 Å². The van der Waals surface area contributed by atoms with Crippen LogP contribution in [-0.4, -0.2) is 5.16 Å². The number of nitrogens with zero attached hydrogens (tertiary/aromatic N) is 1. The normalized spacial score (nSPS) is 14.5. The first kappa shape index (κ1) is 14.8. The highest BCUT2D eigenvalue weighted by Crippen LogP contribution is 2.28. The maximum Gasteiger partial charge on any atom is 0.138 e. The van der Waals surface area contributed by atoms with Crippen molar-refractivity contribution in [2.24, 2.45) is 5.92 Å². The molecule has 3 nitrogen and oxygen atoms in total. The predicted octanol–water partition coefficient (Wildman–Crippen LogP) is 4.34. The Morgan fingerprint density at radius 1 is 1.05 bits per heavy atom. The average molecular weight is 272 g/mol. The van der Waals surface area contributed by atoms with Crippen molar-refractivity contribution in [2.45, 2.75) is 46.7 Å². The van der Waals surface area contributed by atoms with Crippen molar-refractivity contribution < 1.29 is 4.52 Å². The third-order valence-electron chi connectivity index (χ3n) is 3.78. The molecule has 1 aromatic carbocycles. The second kappa shape index (κ2) is 6.23. The topological polar surface area (TPSA) is 38.1 Å². The minimum atomic E-state index is 0.217. The molecule has 1 N–H and O–H groups in total. The van der Waals surface area contributed by atoms with Crippen LogP contribution in [0.3, 0.4) is 0 Å². The quantitative estimate of drug-likeness (QED) is 0.880. The molecule has 2 rings (SSSR count). The van der Waals surface area contributed by atoms with Crippen molar-refractivity contribution >= 4 is 0 Å². The Morgan fingerprint density at radius 2 is 1.70 bits per heavy atom. The minimum absolute atomic E-state index is 0.217. The maximum absolute atomic E-state index is 5.27. The van der Waals surface area contributed by atoms with E-state index in [2.05, 4.69) is 61.6 Å². The summed E-state index contributed by atoms with van der Waals surface area (Å²) in [5, 5.41) is 7.76. The van der Waals surface area contributed by atoms with Crippen molar-refractivity contribution in [1.82, 2.24) is 10.5 Å². The van der Waals surface area contributed by atoms with Crippen molar-refractivity contribution in [2.75, 3.05) is 0 Å². The van der Waals surface area contributed by atoms with E-state index in [0.29, 0.717) is 12.0 Å². The fourth-order valence-electron chi connectivity index (χ4n) is 2.79. The first-order valence-corrected chi connectivity index (χ1v) is 7.24. The molecule has 0 aliphatic rings. The number of hydrogen-bond donors (Lipinski definition) is 1. The van der Waals surface area contributed by atoms with Crippen LogP contribution in [0, 0.1) is 19.8 Å². The molecule has 1 heterocycles. The highest BCUT2D eigenvalue weighted by Gasteiger charge is 2.22. The number of hydrogen-bond acceptors (Lipinski definition) is 3. The third kappa shape index (κ3) is 3.10. The Labute approximate surface area is 121 Å². The Morgan fingerprint density at radius 3 is 2.20 bits per heavy atom. The second-order valence-electron chi connectivity index (χ2n) is 5.76. The molecule has 0 spiro atoms. The Bertz CT molecular complexity index is 526. The number of aryl methyl sites for hydroxylation is 2. The highest BCUT2D eigenvalue weighted by molar-refractivity contribution is 5.26. The van der Waals surface area contributed by atoms with Gasteiger partial charge in [0.05, 0.1) is 5.69 Å². The van der Waals surface area contributed by atoms with Crippen molar-refractivity contribution in [3.05, 3.63) is 52.9 Å². The largest absolute Gasteiger partial charge is 0.361 e. The van der Waals surface area contributed by atoms with E-state index in [9.17, 15) is 0 Å². The van der Waals surface area contributed by atoms with Crippen LogP contribution < -0.4 is 5.32 Å². The fourth-order valence-corrected chi connectivity index (χ4v) is 2.79. The molecule has 2 unspecified atom stereocenters. The lowest BCUT2D eigenvalue weighted by molar-refractivity contribution is 0.366. The second-order valence-corrected chi connectivity index (χ2v) is 5.76.